The van der Waals surface area contributed by atoms with Gasteiger partial charge in [0.15, 0.2) is 0 Å². The van der Waals surface area contributed by atoms with E-state index in [1.807, 2.05) is 24.9 Å². The minimum absolute atomic E-state index is 0.0787. The number of aryl methyl sites for hydroxylation is 1. The third-order valence-corrected chi connectivity index (χ3v) is 5.42. The van der Waals surface area contributed by atoms with Crippen LogP contribution in [0.25, 0.3) is 0 Å². The van der Waals surface area contributed by atoms with Gasteiger partial charge in [-0.15, -0.1) is 0 Å². The van der Waals surface area contributed by atoms with E-state index in [1.54, 1.807) is 11.1 Å². The average molecular weight is 348 g/mol. The van der Waals surface area contributed by atoms with Crippen LogP contribution in [0.5, 0.6) is 0 Å². The van der Waals surface area contributed by atoms with Crippen molar-refractivity contribution in [3.8, 4) is 0 Å². The number of ether oxygens (including phenoxy) is 1. The number of carbonyl (C=O) groups is 2. The van der Waals surface area contributed by atoms with Crippen LogP contribution in [-0.4, -0.2) is 52.6 Å². The maximum atomic E-state index is 12.1. The zero-order valence-electron chi connectivity index (χ0n) is 15.1. The standard InChI is InChI=1S/C18H28N4O3/c1-21-10-9-19-18(21)17-13(7-8-16(24)22(17)2)11-20-15(23)12-25-14-5-3-4-6-14/h9-10,13-14,17H,3-8,11-12H2,1-2H3,(H,20,23)/t13-,17+/m1/s1. The monoisotopic (exact) mass is 348 g/mol. The molecule has 2 aliphatic rings. The Hall–Kier alpha value is -1.89. The minimum atomic E-state index is -0.114. The summed E-state index contributed by atoms with van der Waals surface area (Å²) >= 11 is 0. The maximum absolute atomic E-state index is 12.1. The third-order valence-electron chi connectivity index (χ3n) is 5.42. The number of nitrogens with one attached hydrogen (secondary N) is 1. The number of aromatic nitrogens is 2. The Labute approximate surface area is 148 Å². The topological polar surface area (TPSA) is 76.5 Å². The van der Waals surface area contributed by atoms with E-state index in [4.69, 9.17) is 4.74 Å². The first-order chi connectivity index (χ1) is 12.1. The number of hydrogen-bond acceptors (Lipinski definition) is 4. The van der Waals surface area contributed by atoms with E-state index in [1.165, 1.54) is 12.8 Å². The Morgan fingerprint density at radius 2 is 2.08 bits per heavy atom. The number of rotatable bonds is 6. The van der Waals surface area contributed by atoms with E-state index >= 15 is 0 Å². The Balaban J connectivity index is 1.56. The van der Waals surface area contributed by atoms with Crippen molar-refractivity contribution in [2.75, 3.05) is 20.2 Å². The fourth-order valence-corrected chi connectivity index (χ4v) is 3.92. The van der Waals surface area contributed by atoms with Crippen LogP contribution in [0.3, 0.4) is 0 Å². The molecule has 1 aliphatic heterocycles. The summed E-state index contributed by atoms with van der Waals surface area (Å²) in [5, 5.41) is 2.98. The quantitative estimate of drug-likeness (QED) is 0.843. The molecule has 1 saturated heterocycles. The lowest BCUT2D eigenvalue weighted by Gasteiger charge is -2.38. The zero-order valence-corrected chi connectivity index (χ0v) is 15.1. The van der Waals surface area contributed by atoms with Crippen LogP contribution in [-0.2, 0) is 21.4 Å². The van der Waals surface area contributed by atoms with Gasteiger partial charge in [0, 0.05) is 45.4 Å². The fourth-order valence-electron chi connectivity index (χ4n) is 3.92. The summed E-state index contributed by atoms with van der Waals surface area (Å²) < 4.78 is 7.61. The second kappa shape index (κ2) is 7.99. The van der Waals surface area contributed by atoms with Crippen molar-refractivity contribution in [2.24, 2.45) is 13.0 Å². The number of piperidine rings is 1. The van der Waals surface area contributed by atoms with E-state index < -0.39 is 0 Å². The molecule has 3 rings (SSSR count). The molecule has 7 nitrogen and oxygen atoms in total. The molecular formula is C18H28N4O3. The highest BCUT2D eigenvalue weighted by atomic mass is 16.5. The van der Waals surface area contributed by atoms with Crippen molar-refractivity contribution in [3.63, 3.8) is 0 Å². The molecule has 1 saturated carbocycles. The van der Waals surface area contributed by atoms with Crippen molar-refractivity contribution >= 4 is 11.8 Å². The van der Waals surface area contributed by atoms with Gasteiger partial charge in [0.25, 0.3) is 0 Å². The van der Waals surface area contributed by atoms with Gasteiger partial charge in [0.1, 0.15) is 12.4 Å². The molecule has 2 heterocycles. The molecule has 0 bridgehead atoms. The van der Waals surface area contributed by atoms with E-state index in [-0.39, 0.29) is 36.5 Å². The third kappa shape index (κ3) is 4.21. The number of amides is 2. The van der Waals surface area contributed by atoms with Crippen LogP contribution in [0, 0.1) is 5.92 Å². The van der Waals surface area contributed by atoms with E-state index in [0.717, 1.165) is 25.1 Å². The molecule has 1 N–H and O–H groups in total. The number of carbonyl (C=O) groups excluding carboxylic acids is 2. The van der Waals surface area contributed by atoms with Crippen LogP contribution in [0.2, 0.25) is 0 Å². The van der Waals surface area contributed by atoms with Crippen molar-refractivity contribution in [3.05, 3.63) is 18.2 Å². The summed E-state index contributed by atoms with van der Waals surface area (Å²) in [4.78, 5) is 30.4. The summed E-state index contributed by atoms with van der Waals surface area (Å²) in [6, 6.07) is -0.114. The van der Waals surface area contributed by atoms with Gasteiger partial charge >= 0.3 is 0 Å². The number of hydrogen-bond donors (Lipinski definition) is 1. The average Bonchev–Trinajstić information content (AvgIpc) is 3.26. The number of nitrogens with zero attached hydrogens (tertiary/aromatic N) is 3. The lowest BCUT2D eigenvalue weighted by atomic mass is 9.88. The molecule has 0 unspecified atom stereocenters. The molecule has 0 aromatic carbocycles. The van der Waals surface area contributed by atoms with Crippen LogP contribution < -0.4 is 5.32 Å². The molecule has 25 heavy (non-hydrogen) atoms. The van der Waals surface area contributed by atoms with Crippen LogP contribution in [0.15, 0.2) is 12.4 Å². The highest BCUT2D eigenvalue weighted by molar-refractivity contribution is 5.78. The smallest absolute Gasteiger partial charge is 0.246 e. The van der Waals surface area contributed by atoms with Crippen molar-refractivity contribution in [1.29, 1.82) is 0 Å². The lowest BCUT2D eigenvalue weighted by molar-refractivity contribution is -0.137. The first-order valence-corrected chi connectivity index (χ1v) is 9.17. The predicted octanol–water partition coefficient (Wildman–Crippen LogP) is 1.40. The van der Waals surface area contributed by atoms with Crippen LogP contribution in [0.4, 0.5) is 0 Å². The second-order valence-electron chi connectivity index (χ2n) is 7.17. The Kier molecular flexibility index (Phi) is 5.73. The van der Waals surface area contributed by atoms with Gasteiger partial charge in [0.05, 0.1) is 12.1 Å². The second-order valence-corrected chi connectivity index (χ2v) is 7.17. The van der Waals surface area contributed by atoms with Crippen molar-refractivity contribution in [1.82, 2.24) is 19.8 Å². The molecule has 0 spiro atoms. The minimum Gasteiger partial charge on any atom is -0.368 e. The maximum Gasteiger partial charge on any atom is 0.246 e. The Morgan fingerprint density at radius 1 is 1.32 bits per heavy atom. The van der Waals surface area contributed by atoms with Gasteiger partial charge in [-0.25, -0.2) is 4.98 Å². The largest absolute Gasteiger partial charge is 0.368 e. The van der Waals surface area contributed by atoms with Crippen molar-refractivity contribution < 1.29 is 14.3 Å². The number of imidazole rings is 1. The SMILES string of the molecule is CN1C(=O)CC[C@H](CNC(=O)COC2CCCC2)[C@H]1c1nccn1C. The first kappa shape index (κ1) is 17.9. The lowest BCUT2D eigenvalue weighted by Crippen LogP contribution is -2.45. The molecule has 0 radical (unpaired) electrons. The predicted molar refractivity (Wildman–Crippen MR) is 92.7 cm³/mol. The summed E-state index contributed by atoms with van der Waals surface area (Å²) in [5.74, 6) is 1.06. The molecule has 2 atom stereocenters. The van der Waals surface area contributed by atoms with E-state index in [2.05, 4.69) is 10.3 Å². The van der Waals surface area contributed by atoms with Gasteiger partial charge in [-0.2, -0.15) is 0 Å². The van der Waals surface area contributed by atoms with Crippen LogP contribution in [0.1, 0.15) is 50.4 Å². The number of likely N-dealkylation sites (tertiary alicyclic amines) is 1. The summed E-state index contributed by atoms with van der Waals surface area (Å²) in [6.07, 6.45) is 9.64. The van der Waals surface area contributed by atoms with Gasteiger partial charge in [0.2, 0.25) is 11.8 Å². The van der Waals surface area contributed by atoms with E-state index in [0.29, 0.717) is 13.0 Å². The van der Waals surface area contributed by atoms with Crippen molar-refractivity contribution in [2.45, 2.75) is 50.7 Å². The molecule has 1 aromatic heterocycles. The highest BCUT2D eigenvalue weighted by Gasteiger charge is 2.37. The summed E-state index contributed by atoms with van der Waals surface area (Å²) in [6.45, 7) is 0.654. The summed E-state index contributed by atoms with van der Waals surface area (Å²) in [7, 11) is 3.75. The molecule has 138 valence electrons. The summed E-state index contributed by atoms with van der Waals surface area (Å²) in [5.41, 5.74) is 0. The highest BCUT2D eigenvalue weighted by Crippen LogP contribution is 2.34. The molecule has 7 heteroatoms. The fraction of sp³-hybridized carbons (Fsp3) is 0.722. The van der Waals surface area contributed by atoms with Gasteiger partial charge in [-0.1, -0.05) is 12.8 Å². The first-order valence-electron chi connectivity index (χ1n) is 9.17. The van der Waals surface area contributed by atoms with Gasteiger partial charge < -0.3 is 19.5 Å². The molecule has 1 aliphatic carbocycles. The van der Waals surface area contributed by atoms with E-state index in [9.17, 15) is 9.59 Å². The molecular weight excluding hydrogens is 320 g/mol. The molecule has 1 aromatic rings. The van der Waals surface area contributed by atoms with Crippen LogP contribution >= 0.6 is 0 Å². The van der Waals surface area contributed by atoms with Gasteiger partial charge in [-0.3, -0.25) is 9.59 Å². The molecule has 2 fully saturated rings. The Bertz CT molecular complexity index is 609. The normalized spacial score (nSPS) is 24.7. The zero-order chi connectivity index (χ0) is 17.8. The van der Waals surface area contributed by atoms with Gasteiger partial charge in [-0.05, 0) is 19.3 Å². The Morgan fingerprint density at radius 3 is 2.76 bits per heavy atom. The molecule has 2 amide bonds.